The summed E-state index contributed by atoms with van der Waals surface area (Å²) in [6, 6.07) is 4.59. The molecule has 2 atom stereocenters. The lowest BCUT2D eigenvalue weighted by molar-refractivity contribution is -0.00772. The van der Waals surface area contributed by atoms with Crippen LogP contribution in [0.5, 0.6) is 0 Å². The Morgan fingerprint density at radius 2 is 1.65 bits per heavy atom. The van der Waals surface area contributed by atoms with Gasteiger partial charge >= 0.3 is 0 Å². The largest absolute Gasteiger partial charge is 0.373 e. The summed E-state index contributed by atoms with van der Waals surface area (Å²) in [6.45, 7) is 15.5. The maximum absolute atomic E-state index is 6.29. The molecule has 1 aromatic carbocycles. The van der Waals surface area contributed by atoms with Crippen LogP contribution in [0.4, 0.5) is 0 Å². The second-order valence-electron chi connectivity index (χ2n) is 6.62. The second-order valence-corrected chi connectivity index (χ2v) is 9.62. The van der Waals surface area contributed by atoms with Crippen LogP contribution < -0.4 is 0 Å². The number of ether oxygens (including phenoxy) is 1. The zero-order valence-electron chi connectivity index (χ0n) is 13.6. The molecule has 112 valence electrons. The number of hydrogen-bond donors (Lipinski definition) is 0. The van der Waals surface area contributed by atoms with Gasteiger partial charge in [0.25, 0.3) is 0 Å². The van der Waals surface area contributed by atoms with Gasteiger partial charge in [-0.25, -0.2) is 0 Å². The van der Waals surface area contributed by atoms with Crippen LogP contribution in [0, 0.1) is 20.8 Å². The Kier molecular flexibility index (Phi) is 4.83. The number of hydrogen-bond acceptors (Lipinski definition) is 3. The molecule has 0 spiro atoms. The van der Waals surface area contributed by atoms with Gasteiger partial charge in [-0.3, -0.25) is 0 Å². The van der Waals surface area contributed by atoms with Crippen LogP contribution in [0.25, 0.3) is 0 Å². The molecule has 0 saturated carbocycles. The third-order valence-corrected chi connectivity index (χ3v) is 7.42. The second kappa shape index (κ2) is 5.94. The molecule has 0 N–H and O–H groups in total. The van der Waals surface area contributed by atoms with Crippen LogP contribution in [0.2, 0.25) is 0 Å². The maximum Gasteiger partial charge on any atom is 0.0895 e. The molecule has 1 heterocycles. The standard InChI is InChI=1S/C17H26OS2/c1-10(2)18-16-15(19-20-17(16,6)7)14-12(4)8-11(3)9-13(14)5/h8-10,15-16H,1-7H3/t15-,16-/m0/s1. The fourth-order valence-electron chi connectivity index (χ4n) is 3.01. The summed E-state index contributed by atoms with van der Waals surface area (Å²) in [4.78, 5) is 0. The predicted octanol–water partition coefficient (Wildman–Crippen LogP) is 5.62. The van der Waals surface area contributed by atoms with Crippen LogP contribution in [0.15, 0.2) is 12.1 Å². The van der Waals surface area contributed by atoms with Gasteiger partial charge in [0.15, 0.2) is 0 Å². The van der Waals surface area contributed by atoms with E-state index in [0.717, 1.165) is 0 Å². The van der Waals surface area contributed by atoms with Crippen LogP contribution in [-0.4, -0.2) is 17.0 Å². The van der Waals surface area contributed by atoms with Crippen LogP contribution in [-0.2, 0) is 4.74 Å². The highest BCUT2D eigenvalue weighted by Gasteiger charge is 2.46. The molecule has 3 heteroatoms. The Hall–Kier alpha value is -0.120. The highest BCUT2D eigenvalue weighted by molar-refractivity contribution is 8.77. The van der Waals surface area contributed by atoms with Gasteiger partial charge in [-0.2, -0.15) is 0 Å². The Labute approximate surface area is 131 Å². The van der Waals surface area contributed by atoms with Crippen molar-refractivity contribution in [2.24, 2.45) is 0 Å². The first-order valence-corrected chi connectivity index (χ1v) is 9.51. The molecule has 0 unspecified atom stereocenters. The quantitative estimate of drug-likeness (QED) is 0.671. The molecule has 0 aromatic heterocycles. The molecule has 1 nitrogen and oxygen atoms in total. The van der Waals surface area contributed by atoms with E-state index in [9.17, 15) is 0 Å². The summed E-state index contributed by atoms with van der Waals surface area (Å²) >= 11 is 0. The van der Waals surface area contributed by atoms with Crippen LogP contribution in [0.3, 0.4) is 0 Å². The number of rotatable bonds is 3. The van der Waals surface area contributed by atoms with E-state index in [0.29, 0.717) is 5.25 Å². The molecule has 0 amide bonds. The molecule has 0 bridgehead atoms. The van der Waals surface area contributed by atoms with Gasteiger partial charge < -0.3 is 4.74 Å². The molecule has 0 aliphatic carbocycles. The van der Waals surface area contributed by atoms with Gasteiger partial charge in [0.2, 0.25) is 0 Å². The smallest absolute Gasteiger partial charge is 0.0895 e. The highest BCUT2D eigenvalue weighted by Crippen LogP contribution is 2.60. The minimum absolute atomic E-state index is 0.156. The Morgan fingerprint density at radius 1 is 1.10 bits per heavy atom. The lowest BCUT2D eigenvalue weighted by atomic mass is 9.90. The summed E-state index contributed by atoms with van der Waals surface area (Å²) in [6.07, 6.45) is 0.532. The predicted molar refractivity (Wildman–Crippen MR) is 92.7 cm³/mol. The first-order chi connectivity index (χ1) is 9.22. The average molecular weight is 311 g/mol. The summed E-state index contributed by atoms with van der Waals surface area (Å²) in [7, 11) is 3.94. The van der Waals surface area contributed by atoms with Crippen molar-refractivity contribution in [1.82, 2.24) is 0 Å². The van der Waals surface area contributed by atoms with E-state index >= 15 is 0 Å². The van der Waals surface area contributed by atoms with E-state index in [1.807, 2.05) is 21.6 Å². The number of aryl methyl sites for hydroxylation is 3. The molecule has 1 fully saturated rings. The molecule has 20 heavy (non-hydrogen) atoms. The molecule has 1 aliphatic heterocycles. The van der Waals surface area contributed by atoms with E-state index in [1.54, 1.807) is 0 Å². The summed E-state index contributed by atoms with van der Waals surface area (Å²) < 4.78 is 6.45. The van der Waals surface area contributed by atoms with Crippen molar-refractivity contribution < 1.29 is 4.74 Å². The lowest BCUT2D eigenvalue weighted by Gasteiger charge is -2.31. The molecule has 1 aromatic rings. The SMILES string of the molecule is Cc1cc(C)c([C@@H]2SSC(C)(C)[C@H]2OC(C)C)c(C)c1. The fourth-order valence-corrected chi connectivity index (χ4v) is 6.63. The van der Waals surface area contributed by atoms with E-state index in [1.165, 1.54) is 22.3 Å². The fraction of sp³-hybridized carbons (Fsp3) is 0.647. The van der Waals surface area contributed by atoms with Gasteiger partial charge in [0, 0.05) is 4.75 Å². The Morgan fingerprint density at radius 3 is 2.15 bits per heavy atom. The van der Waals surface area contributed by atoms with E-state index in [2.05, 4.69) is 60.6 Å². The molecular formula is C17H26OS2. The van der Waals surface area contributed by atoms with Gasteiger partial charge in [-0.05, 0) is 65.2 Å². The van der Waals surface area contributed by atoms with Crippen molar-refractivity contribution in [3.63, 3.8) is 0 Å². The summed E-state index contributed by atoms with van der Waals surface area (Å²) in [5.41, 5.74) is 5.62. The third-order valence-electron chi connectivity index (χ3n) is 3.77. The highest BCUT2D eigenvalue weighted by atomic mass is 33.1. The van der Waals surface area contributed by atoms with Crippen molar-refractivity contribution in [3.8, 4) is 0 Å². The van der Waals surface area contributed by atoms with Gasteiger partial charge in [0.1, 0.15) is 0 Å². The van der Waals surface area contributed by atoms with E-state index in [-0.39, 0.29) is 17.0 Å². The van der Waals surface area contributed by atoms with Crippen molar-refractivity contribution in [2.75, 3.05) is 0 Å². The van der Waals surface area contributed by atoms with Gasteiger partial charge in [-0.15, -0.1) is 0 Å². The summed E-state index contributed by atoms with van der Waals surface area (Å²) in [5.74, 6) is 0. The minimum Gasteiger partial charge on any atom is -0.373 e. The monoisotopic (exact) mass is 310 g/mol. The van der Waals surface area contributed by atoms with Crippen molar-refractivity contribution in [2.45, 2.75) is 70.7 Å². The molecule has 2 rings (SSSR count). The molecule has 0 radical (unpaired) electrons. The van der Waals surface area contributed by atoms with Crippen molar-refractivity contribution in [1.29, 1.82) is 0 Å². The van der Waals surface area contributed by atoms with Crippen LogP contribution in [0.1, 0.15) is 55.2 Å². The Balaban J connectivity index is 2.41. The average Bonchev–Trinajstić information content (AvgIpc) is 2.54. The minimum atomic E-state index is 0.156. The molecular weight excluding hydrogens is 284 g/mol. The van der Waals surface area contributed by atoms with Gasteiger partial charge in [0.05, 0.1) is 17.5 Å². The zero-order valence-corrected chi connectivity index (χ0v) is 15.2. The Bertz CT molecular complexity index is 471. The first kappa shape index (κ1) is 16.3. The normalized spacial score (nSPS) is 25.4. The van der Waals surface area contributed by atoms with Crippen molar-refractivity contribution in [3.05, 3.63) is 34.4 Å². The molecule has 1 aliphatic rings. The topological polar surface area (TPSA) is 9.23 Å². The van der Waals surface area contributed by atoms with E-state index in [4.69, 9.17) is 4.74 Å². The molecule has 1 saturated heterocycles. The third kappa shape index (κ3) is 3.20. The van der Waals surface area contributed by atoms with E-state index < -0.39 is 0 Å². The zero-order chi connectivity index (χ0) is 15.1. The lowest BCUT2D eigenvalue weighted by Crippen LogP contribution is -2.36. The maximum atomic E-state index is 6.29. The van der Waals surface area contributed by atoms with Crippen molar-refractivity contribution >= 4 is 21.6 Å². The van der Waals surface area contributed by atoms with Gasteiger partial charge in [-0.1, -0.05) is 39.3 Å². The number of benzene rings is 1. The van der Waals surface area contributed by atoms with Crippen LogP contribution >= 0.6 is 21.6 Å². The summed E-state index contributed by atoms with van der Waals surface area (Å²) in [5, 5.41) is 0.429. The first-order valence-electron chi connectivity index (χ1n) is 7.30.